The van der Waals surface area contributed by atoms with E-state index in [1.54, 1.807) is 6.92 Å². The van der Waals surface area contributed by atoms with Crippen LogP contribution in [0.2, 0.25) is 0 Å². The predicted molar refractivity (Wildman–Crippen MR) is 106 cm³/mol. The van der Waals surface area contributed by atoms with Gasteiger partial charge in [0.1, 0.15) is 24.1 Å². The van der Waals surface area contributed by atoms with Crippen LogP contribution in [0.3, 0.4) is 0 Å². The number of hydrogen-bond acceptors (Lipinski definition) is 6. The first-order valence-electron chi connectivity index (χ1n) is 9.83. The minimum atomic E-state index is -0.611. The number of benzene rings is 1. The van der Waals surface area contributed by atoms with Crippen LogP contribution in [0.25, 0.3) is 0 Å². The quantitative estimate of drug-likeness (QED) is 0.661. The molecule has 8 nitrogen and oxygen atoms in total. The molecule has 0 radical (unpaired) electrons. The summed E-state index contributed by atoms with van der Waals surface area (Å²) in [4.78, 5) is 38.8. The molecule has 0 N–H and O–H groups in total. The molecular formula is C21H25N3O5. The molecule has 1 saturated heterocycles. The van der Waals surface area contributed by atoms with Crippen LogP contribution in [-0.2, 0) is 16.1 Å². The van der Waals surface area contributed by atoms with E-state index >= 15 is 0 Å². The molecule has 1 aliphatic heterocycles. The van der Waals surface area contributed by atoms with Gasteiger partial charge in [0, 0.05) is 12.6 Å². The SMILES string of the molecule is CCOC(=O)C1CCCCN1C(=O)c1ccc(=O)n(CCOc2ccccc2)n1. The summed E-state index contributed by atoms with van der Waals surface area (Å²) >= 11 is 0. The number of piperidine rings is 1. The first-order chi connectivity index (χ1) is 14.1. The zero-order valence-corrected chi connectivity index (χ0v) is 16.5. The molecule has 0 spiro atoms. The summed E-state index contributed by atoms with van der Waals surface area (Å²) in [6.07, 6.45) is 2.23. The maximum atomic E-state index is 13.0. The van der Waals surface area contributed by atoms with Crippen LogP contribution in [-0.4, -0.2) is 52.4 Å². The average molecular weight is 399 g/mol. The molecule has 1 atom stereocenters. The highest BCUT2D eigenvalue weighted by Gasteiger charge is 2.34. The molecule has 2 heterocycles. The lowest BCUT2D eigenvalue weighted by Crippen LogP contribution is -2.49. The fourth-order valence-electron chi connectivity index (χ4n) is 3.30. The number of amides is 1. The lowest BCUT2D eigenvalue weighted by atomic mass is 10.0. The van der Waals surface area contributed by atoms with Gasteiger partial charge in [-0.15, -0.1) is 0 Å². The van der Waals surface area contributed by atoms with Crippen molar-refractivity contribution in [3.8, 4) is 5.75 Å². The highest BCUT2D eigenvalue weighted by molar-refractivity contribution is 5.95. The summed E-state index contributed by atoms with van der Waals surface area (Å²) in [6, 6.07) is 11.3. The van der Waals surface area contributed by atoms with Crippen molar-refractivity contribution in [1.29, 1.82) is 0 Å². The summed E-state index contributed by atoms with van der Waals surface area (Å²) in [7, 11) is 0. The Labute approximate surface area is 169 Å². The zero-order chi connectivity index (χ0) is 20.6. The van der Waals surface area contributed by atoms with Gasteiger partial charge in [0.05, 0.1) is 13.2 Å². The molecule has 1 fully saturated rings. The Morgan fingerprint density at radius 3 is 2.69 bits per heavy atom. The molecule has 1 aromatic heterocycles. The third-order valence-electron chi connectivity index (χ3n) is 4.72. The minimum Gasteiger partial charge on any atom is -0.492 e. The number of hydrogen-bond donors (Lipinski definition) is 0. The molecular weight excluding hydrogens is 374 g/mol. The largest absolute Gasteiger partial charge is 0.492 e. The Kier molecular flexibility index (Phi) is 6.99. The second kappa shape index (κ2) is 9.86. The molecule has 8 heteroatoms. The predicted octanol–water partition coefficient (Wildman–Crippen LogP) is 1.88. The summed E-state index contributed by atoms with van der Waals surface area (Å²) in [6.45, 7) is 2.91. The van der Waals surface area contributed by atoms with Crippen molar-refractivity contribution in [2.24, 2.45) is 0 Å². The van der Waals surface area contributed by atoms with E-state index in [1.807, 2.05) is 30.3 Å². The van der Waals surface area contributed by atoms with E-state index in [0.717, 1.165) is 12.8 Å². The van der Waals surface area contributed by atoms with Crippen molar-refractivity contribution < 1.29 is 19.1 Å². The van der Waals surface area contributed by atoms with Gasteiger partial charge in [0.15, 0.2) is 0 Å². The van der Waals surface area contributed by atoms with Crippen LogP contribution in [0.15, 0.2) is 47.3 Å². The normalized spacial score (nSPS) is 16.3. The number of carbonyl (C=O) groups excluding carboxylic acids is 2. The highest BCUT2D eigenvalue weighted by atomic mass is 16.5. The molecule has 1 unspecified atom stereocenters. The van der Waals surface area contributed by atoms with Crippen LogP contribution < -0.4 is 10.3 Å². The van der Waals surface area contributed by atoms with Gasteiger partial charge in [0.25, 0.3) is 11.5 Å². The number of nitrogens with zero attached hydrogens (tertiary/aromatic N) is 3. The molecule has 1 aromatic carbocycles. The molecule has 0 saturated carbocycles. The standard InChI is InChI=1S/C21H25N3O5/c1-2-28-21(27)18-10-6-7-13-23(18)20(26)17-11-12-19(25)24(22-17)14-15-29-16-8-4-3-5-9-16/h3-5,8-9,11-12,18H,2,6-7,10,13-15H2,1H3. The van der Waals surface area contributed by atoms with E-state index in [1.165, 1.54) is 21.7 Å². The van der Waals surface area contributed by atoms with E-state index in [-0.39, 0.29) is 36.9 Å². The number of carbonyl (C=O) groups is 2. The fraction of sp³-hybridized carbons (Fsp3) is 0.429. The van der Waals surface area contributed by atoms with Crippen LogP contribution in [0.1, 0.15) is 36.7 Å². The molecule has 2 aromatic rings. The van der Waals surface area contributed by atoms with Crippen molar-refractivity contribution in [3.05, 3.63) is 58.5 Å². The summed E-state index contributed by atoms with van der Waals surface area (Å²) in [5.41, 5.74) is -0.195. The van der Waals surface area contributed by atoms with Gasteiger partial charge in [-0.05, 0) is 44.4 Å². The Morgan fingerprint density at radius 2 is 1.93 bits per heavy atom. The Bertz CT molecular complexity index is 897. The van der Waals surface area contributed by atoms with Gasteiger partial charge < -0.3 is 14.4 Å². The molecule has 0 aliphatic carbocycles. The topological polar surface area (TPSA) is 90.7 Å². The van der Waals surface area contributed by atoms with Crippen LogP contribution in [0.5, 0.6) is 5.75 Å². The molecule has 154 valence electrons. The van der Waals surface area contributed by atoms with Gasteiger partial charge >= 0.3 is 5.97 Å². The smallest absolute Gasteiger partial charge is 0.328 e. The van der Waals surface area contributed by atoms with Crippen molar-refractivity contribution in [3.63, 3.8) is 0 Å². The second-order valence-electron chi connectivity index (χ2n) is 6.70. The Morgan fingerprint density at radius 1 is 1.14 bits per heavy atom. The number of likely N-dealkylation sites (tertiary alicyclic amines) is 1. The lowest BCUT2D eigenvalue weighted by Gasteiger charge is -2.33. The number of ether oxygens (including phenoxy) is 2. The fourth-order valence-corrected chi connectivity index (χ4v) is 3.30. The molecule has 0 bridgehead atoms. The van der Waals surface area contributed by atoms with Crippen LogP contribution in [0.4, 0.5) is 0 Å². The monoisotopic (exact) mass is 399 g/mol. The number of esters is 1. The van der Waals surface area contributed by atoms with Gasteiger partial charge in [0.2, 0.25) is 0 Å². The Balaban J connectivity index is 1.71. The first-order valence-corrected chi connectivity index (χ1v) is 9.83. The van der Waals surface area contributed by atoms with Crippen molar-refractivity contribution >= 4 is 11.9 Å². The van der Waals surface area contributed by atoms with Crippen molar-refractivity contribution in [2.75, 3.05) is 19.8 Å². The highest BCUT2D eigenvalue weighted by Crippen LogP contribution is 2.20. The van der Waals surface area contributed by atoms with Crippen molar-refractivity contribution in [2.45, 2.75) is 38.8 Å². The molecule has 29 heavy (non-hydrogen) atoms. The minimum absolute atomic E-state index is 0.125. The van der Waals surface area contributed by atoms with E-state index in [4.69, 9.17) is 9.47 Å². The van der Waals surface area contributed by atoms with Gasteiger partial charge in [-0.3, -0.25) is 9.59 Å². The molecule has 3 rings (SSSR count). The summed E-state index contributed by atoms with van der Waals surface area (Å²) in [5, 5.41) is 4.20. The second-order valence-corrected chi connectivity index (χ2v) is 6.70. The molecule has 1 aliphatic rings. The Hall–Kier alpha value is -3.16. The van der Waals surface area contributed by atoms with E-state index in [0.29, 0.717) is 18.7 Å². The van der Waals surface area contributed by atoms with Crippen molar-refractivity contribution in [1.82, 2.24) is 14.7 Å². The van der Waals surface area contributed by atoms with Crippen LogP contribution >= 0.6 is 0 Å². The van der Waals surface area contributed by atoms with Gasteiger partial charge in [-0.1, -0.05) is 18.2 Å². The summed E-state index contributed by atoms with van der Waals surface area (Å²) in [5.74, 6) is -0.0796. The lowest BCUT2D eigenvalue weighted by molar-refractivity contribution is -0.149. The summed E-state index contributed by atoms with van der Waals surface area (Å²) < 4.78 is 11.9. The van der Waals surface area contributed by atoms with Crippen LogP contribution in [0, 0.1) is 0 Å². The zero-order valence-electron chi connectivity index (χ0n) is 16.5. The maximum Gasteiger partial charge on any atom is 0.328 e. The third kappa shape index (κ3) is 5.22. The third-order valence-corrected chi connectivity index (χ3v) is 4.72. The van der Waals surface area contributed by atoms with E-state index in [2.05, 4.69) is 5.10 Å². The van der Waals surface area contributed by atoms with E-state index in [9.17, 15) is 14.4 Å². The number of para-hydroxylation sites is 1. The van der Waals surface area contributed by atoms with Gasteiger partial charge in [-0.2, -0.15) is 5.10 Å². The molecule has 1 amide bonds. The average Bonchev–Trinajstić information content (AvgIpc) is 2.75. The maximum absolute atomic E-state index is 13.0. The number of aromatic nitrogens is 2. The first kappa shape index (κ1) is 20.6. The van der Waals surface area contributed by atoms with E-state index < -0.39 is 12.0 Å². The number of rotatable bonds is 7. The van der Waals surface area contributed by atoms with Gasteiger partial charge in [-0.25, -0.2) is 9.48 Å².